The van der Waals surface area contributed by atoms with Gasteiger partial charge in [0.25, 0.3) is 0 Å². The lowest BCUT2D eigenvalue weighted by Crippen LogP contribution is -2.14. The number of para-hydroxylation sites is 1. The number of rotatable bonds is 10. The van der Waals surface area contributed by atoms with Crippen molar-refractivity contribution in [1.29, 1.82) is 0 Å². The molecule has 2 aliphatic rings. The van der Waals surface area contributed by atoms with E-state index in [9.17, 15) is 0 Å². The van der Waals surface area contributed by atoms with Crippen LogP contribution in [-0.4, -0.2) is 19.8 Å². The number of benzene rings is 1. The van der Waals surface area contributed by atoms with Crippen LogP contribution in [0.1, 0.15) is 38.5 Å². The Hall–Kier alpha value is -1.28. The van der Waals surface area contributed by atoms with Crippen molar-refractivity contribution in [2.45, 2.75) is 38.5 Å². The van der Waals surface area contributed by atoms with Crippen molar-refractivity contribution in [1.82, 2.24) is 0 Å². The van der Waals surface area contributed by atoms with Gasteiger partial charge in [0, 0.05) is 13.2 Å². The molecule has 1 saturated carbocycles. The molecule has 1 aromatic carbocycles. The van der Waals surface area contributed by atoms with Crippen molar-refractivity contribution in [2.75, 3.05) is 19.8 Å². The number of ether oxygens (including phenoxy) is 2. The molecule has 2 heteroatoms. The van der Waals surface area contributed by atoms with Crippen LogP contribution in [0.5, 0.6) is 5.75 Å². The molecule has 2 aliphatic carbocycles. The van der Waals surface area contributed by atoms with Crippen molar-refractivity contribution in [3.63, 3.8) is 0 Å². The van der Waals surface area contributed by atoms with Crippen LogP contribution in [0.3, 0.4) is 0 Å². The predicted molar refractivity (Wildman–Crippen MR) is 90.1 cm³/mol. The standard InChI is InChI=1S/C20H28O2/c1(2-7-13-22-20-8-4-3-5-9-20)6-12-21-16-19-15-17-10-11-18(19)14-17/h3-5,8-11,17-19H,1-2,6-7,12-16H2. The Morgan fingerprint density at radius 1 is 0.864 bits per heavy atom. The second-order valence-electron chi connectivity index (χ2n) is 6.69. The van der Waals surface area contributed by atoms with Gasteiger partial charge in [0.1, 0.15) is 5.75 Å². The van der Waals surface area contributed by atoms with E-state index in [0.29, 0.717) is 0 Å². The van der Waals surface area contributed by atoms with Crippen molar-refractivity contribution in [3.05, 3.63) is 42.5 Å². The fraction of sp³-hybridized carbons (Fsp3) is 0.600. The third-order valence-electron chi connectivity index (χ3n) is 4.94. The number of hydrogen-bond donors (Lipinski definition) is 0. The largest absolute Gasteiger partial charge is 0.494 e. The second-order valence-corrected chi connectivity index (χ2v) is 6.69. The molecule has 1 fully saturated rings. The Kier molecular flexibility index (Phi) is 5.94. The van der Waals surface area contributed by atoms with Gasteiger partial charge in [-0.1, -0.05) is 36.8 Å². The monoisotopic (exact) mass is 300 g/mol. The molecular formula is C20H28O2. The van der Waals surface area contributed by atoms with Crippen molar-refractivity contribution in [2.24, 2.45) is 17.8 Å². The predicted octanol–water partition coefficient (Wildman–Crippen LogP) is 4.85. The van der Waals surface area contributed by atoms with Crippen LogP contribution in [0, 0.1) is 17.8 Å². The van der Waals surface area contributed by atoms with Crippen LogP contribution >= 0.6 is 0 Å². The minimum atomic E-state index is 0.800. The fourth-order valence-corrected chi connectivity index (χ4v) is 3.69. The molecule has 0 N–H and O–H groups in total. The first-order chi connectivity index (χ1) is 10.9. The molecule has 0 heterocycles. The summed E-state index contributed by atoms with van der Waals surface area (Å²) in [7, 11) is 0. The van der Waals surface area contributed by atoms with Gasteiger partial charge in [0.05, 0.1) is 6.61 Å². The highest BCUT2D eigenvalue weighted by atomic mass is 16.5. The third-order valence-corrected chi connectivity index (χ3v) is 4.94. The topological polar surface area (TPSA) is 18.5 Å². The molecule has 3 atom stereocenters. The Morgan fingerprint density at radius 2 is 1.68 bits per heavy atom. The first-order valence-electron chi connectivity index (χ1n) is 8.86. The maximum Gasteiger partial charge on any atom is 0.119 e. The van der Waals surface area contributed by atoms with Gasteiger partial charge in [0.2, 0.25) is 0 Å². The summed E-state index contributed by atoms with van der Waals surface area (Å²) in [6.45, 7) is 2.72. The molecule has 22 heavy (non-hydrogen) atoms. The average Bonchev–Trinajstić information content (AvgIpc) is 3.17. The van der Waals surface area contributed by atoms with E-state index >= 15 is 0 Å². The van der Waals surface area contributed by atoms with Crippen molar-refractivity contribution < 1.29 is 9.47 Å². The molecule has 0 saturated heterocycles. The van der Waals surface area contributed by atoms with Gasteiger partial charge in [-0.05, 0) is 62.0 Å². The van der Waals surface area contributed by atoms with Crippen LogP contribution in [0.4, 0.5) is 0 Å². The maximum absolute atomic E-state index is 5.88. The first kappa shape index (κ1) is 15.6. The lowest BCUT2D eigenvalue weighted by molar-refractivity contribution is 0.0875. The van der Waals surface area contributed by atoms with Gasteiger partial charge in [-0.3, -0.25) is 0 Å². The molecule has 3 unspecified atom stereocenters. The Morgan fingerprint density at radius 3 is 2.41 bits per heavy atom. The number of unbranched alkanes of at least 4 members (excludes halogenated alkanes) is 3. The van der Waals surface area contributed by atoms with E-state index in [1.54, 1.807) is 0 Å². The molecule has 3 rings (SSSR count). The van der Waals surface area contributed by atoms with E-state index in [0.717, 1.165) is 49.7 Å². The zero-order valence-electron chi connectivity index (χ0n) is 13.5. The van der Waals surface area contributed by atoms with Gasteiger partial charge < -0.3 is 9.47 Å². The minimum absolute atomic E-state index is 0.800. The Labute approximate surface area is 134 Å². The molecule has 2 nitrogen and oxygen atoms in total. The SMILES string of the molecule is C1=CC2CC1CC2COCCCCCCOc1ccccc1. The second kappa shape index (κ2) is 8.38. The Balaban J connectivity index is 1.13. The molecule has 0 spiro atoms. The van der Waals surface area contributed by atoms with E-state index < -0.39 is 0 Å². The molecule has 0 amide bonds. The van der Waals surface area contributed by atoms with Gasteiger partial charge >= 0.3 is 0 Å². The molecule has 1 aromatic rings. The fourth-order valence-electron chi connectivity index (χ4n) is 3.69. The molecule has 120 valence electrons. The number of allylic oxidation sites excluding steroid dienone is 2. The summed E-state index contributed by atoms with van der Waals surface area (Å²) in [4.78, 5) is 0. The van der Waals surface area contributed by atoms with E-state index in [-0.39, 0.29) is 0 Å². The lowest BCUT2D eigenvalue weighted by atomic mass is 9.95. The summed E-state index contributed by atoms with van der Waals surface area (Å²) in [6.07, 6.45) is 12.3. The number of hydrogen-bond acceptors (Lipinski definition) is 2. The normalized spacial score (nSPS) is 25.7. The highest BCUT2D eigenvalue weighted by molar-refractivity contribution is 5.20. The van der Waals surface area contributed by atoms with Crippen LogP contribution in [0.25, 0.3) is 0 Å². The van der Waals surface area contributed by atoms with E-state index in [2.05, 4.69) is 12.2 Å². The molecular weight excluding hydrogens is 272 g/mol. The molecule has 2 bridgehead atoms. The van der Waals surface area contributed by atoms with Crippen LogP contribution in [-0.2, 0) is 4.74 Å². The summed E-state index contributed by atoms with van der Waals surface area (Å²) < 4.78 is 11.6. The number of fused-ring (bicyclic) bond motifs is 2. The summed E-state index contributed by atoms with van der Waals surface area (Å²) in [6, 6.07) is 10.1. The molecule has 0 radical (unpaired) electrons. The van der Waals surface area contributed by atoms with Crippen molar-refractivity contribution >= 4 is 0 Å². The molecule has 0 aromatic heterocycles. The molecule has 0 aliphatic heterocycles. The van der Waals surface area contributed by atoms with E-state index in [1.165, 1.54) is 32.1 Å². The minimum Gasteiger partial charge on any atom is -0.494 e. The van der Waals surface area contributed by atoms with E-state index in [1.807, 2.05) is 30.3 Å². The average molecular weight is 300 g/mol. The van der Waals surface area contributed by atoms with Gasteiger partial charge in [-0.25, -0.2) is 0 Å². The zero-order chi connectivity index (χ0) is 15.0. The first-order valence-corrected chi connectivity index (χ1v) is 8.86. The van der Waals surface area contributed by atoms with Crippen molar-refractivity contribution in [3.8, 4) is 5.75 Å². The third kappa shape index (κ3) is 4.61. The summed E-state index contributed by atoms with van der Waals surface area (Å²) in [5.41, 5.74) is 0. The zero-order valence-corrected chi connectivity index (χ0v) is 13.5. The highest BCUT2D eigenvalue weighted by Gasteiger charge is 2.35. The Bertz CT molecular complexity index is 454. The summed E-state index contributed by atoms with van der Waals surface area (Å²) in [5.74, 6) is 3.46. The van der Waals surface area contributed by atoms with Gasteiger partial charge in [0.15, 0.2) is 0 Å². The smallest absolute Gasteiger partial charge is 0.119 e. The quantitative estimate of drug-likeness (QED) is 0.454. The van der Waals surface area contributed by atoms with Crippen LogP contribution < -0.4 is 4.74 Å². The van der Waals surface area contributed by atoms with E-state index in [4.69, 9.17) is 9.47 Å². The maximum atomic E-state index is 5.88. The van der Waals surface area contributed by atoms with Gasteiger partial charge in [-0.15, -0.1) is 0 Å². The van der Waals surface area contributed by atoms with Crippen LogP contribution in [0.2, 0.25) is 0 Å². The highest BCUT2D eigenvalue weighted by Crippen LogP contribution is 2.43. The van der Waals surface area contributed by atoms with Crippen LogP contribution in [0.15, 0.2) is 42.5 Å². The lowest BCUT2D eigenvalue weighted by Gasteiger charge is -2.17. The van der Waals surface area contributed by atoms with Gasteiger partial charge in [-0.2, -0.15) is 0 Å². The summed E-state index contributed by atoms with van der Waals surface area (Å²) >= 11 is 0. The summed E-state index contributed by atoms with van der Waals surface area (Å²) in [5, 5.41) is 0.